The predicted molar refractivity (Wildman–Crippen MR) is 11.1 cm³/mol. The van der Waals surface area contributed by atoms with E-state index in [4.69, 9.17) is 9.90 Å². The number of carboxylic acid groups (broad SMARTS) is 1. The van der Waals surface area contributed by atoms with Gasteiger partial charge < -0.3 is 57.9 Å². The number of halogens is 5. The van der Waals surface area contributed by atoms with Crippen molar-refractivity contribution in [2.75, 3.05) is 0 Å². The van der Waals surface area contributed by atoms with Crippen LogP contribution in [0.4, 0.5) is 13.2 Å². The number of aliphatic carboxylic acids is 1. The van der Waals surface area contributed by atoms with Crippen LogP contribution in [0.25, 0.3) is 0 Å². The molecule has 0 rings (SSSR count). The van der Waals surface area contributed by atoms with Gasteiger partial charge in [0.25, 0.3) is 0 Å². The molecule has 67 valence electrons. The Labute approximate surface area is 128 Å². The molecule has 0 saturated heterocycles. The van der Waals surface area contributed by atoms with Gasteiger partial charge in [0.2, 0.25) is 0 Å². The Morgan fingerprint density at radius 3 is 1.27 bits per heavy atom. The SMILES string of the molecule is O=C([O-])C(F)(F)F.[Cu+2].[I-].[I-].[Na+]. The third-order valence-corrected chi connectivity index (χ3v) is 0.231. The molecule has 11 heavy (non-hydrogen) atoms. The minimum atomic E-state index is -5.19. The summed E-state index contributed by atoms with van der Waals surface area (Å²) in [5, 5.41) is 8.78. The summed E-state index contributed by atoms with van der Waals surface area (Å²) in [5.41, 5.74) is 0. The summed E-state index contributed by atoms with van der Waals surface area (Å²) in [4.78, 5) is 8.78. The molecule has 0 heterocycles. The van der Waals surface area contributed by atoms with E-state index in [0.29, 0.717) is 0 Å². The van der Waals surface area contributed by atoms with E-state index in [9.17, 15) is 13.2 Å². The second-order valence-electron chi connectivity index (χ2n) is 0.785. The largest absolute Gasteiger partial charge is 2.00 e. The van der Waals surface area contributed by atoms with E-state index in [0.717, 1.165) is 0 Å². The van der Waals surface area contributed by atoms with E-state index in [1.165, 1.54) is 0 Å². The van der Waals surface area contributed by atoms with Crippen LogP contribution in [0, 0.1) is 0 Å². The molecule has 0 unspecified atom stereocenters. The maximum Gasteiger partial charge on any atom is 2.00 e. The van der Waals surface area contributed by atoms with Gasteiger partial charge in [-0.25, -0.2) is 0 Å². The van der Waals surface area contributed by atoms with Crippen LogP contribution in [-0.2, 0) is 21.9 Å². The van der Waals surface area contributed by atoms with Crippen molar-refractivity contribution in [1.82, 2.24) is 0 Å². The monoisotopic (exact) mass is 453 g/mol. The van der Waals surface area contributed by atoms with Gasteiger partial charge in [0.1, 0.15) is 5.97 Å². The smallest absolute Gasteiger partial charge is 1.00 e. The molecule has 0 atom stereocenters. The van der Waals surface area contributed by atoms with Gasteiger partial charge in [0, 0.05) is 0 Å². The number of hydrogen-bond donors (Lipinski definition) is 0. The maximum atomic E-state index is 10.5. The van der Waals surface area contributed by atoms with Crippen LogP contribution in [-0.4, -0.2) is 12.1 Å². The van der Waals surface area contributed by atoms with Crippen LogP contribution in [0.2, 0.25) is 0 Å². The van der Waals surface area contributed by atoms with Gasteiger partial charge in [0.15, 0.2) is 0 Å². The molecule has 0 aromatic carbocycles. The van der Waals surface area contributed by atoms with Gasteiger partial charge in [-0.2, -0.15) is 13.2 Å². The molecular weight excluding hydrogens is 453 g/mol. The number of carbonyl (C=O) groups excluding carboxylic acids is 1. The molecule has 0 aliphatic rings. The number of carboxylic acids is 1. The average Bonchev–Trinajstić information content (AvgIpc) is 1.31. The third-order valence-electron chi connectivity index (χ3n) is 0.231. The van der Waals surface area contributed by atoms with Gasteiger partial charge in [-0.05, 0) is 0 Å². The van der Waals surface area contributed by atoms with Crippen LogP contribution in [0.5, 0.6) is 0 Å². The van der Waals surface area contributed by atoms with Crippen LogP contribution < -0.4 is 82.6 Å². The number of alkyl halides is 3. The molecule has 0 saturated carbocycles. The first-order chi connectivity index (χ1) is 2.94. The minimum Gasteiger partial charge on any atom is -1.00 e. The summed E-state index contributed by atoms with van der Waals surface area (Å²) in [6, 6.07) is 0. The molecule has 0 N–H and O–H groups in total. The standard InChI is InChI=1S/C2HF3O2.Cu.2HI.Na/c3-2(4,5)1(6)7;;;;/h(H,6,7);;2*1H;/q;+2;;;+1/p-3. The first-order valence-electron chi connectivity index (χ1n) is 1.23. The van der Waals surface area contributed by atoms with Crippen LogP contribution in [0.1, 0.15) is 0 Å². The van der Waals surface area contributed by atoms with Gasteiger partial charge in [-0.15, -0.1) is 0 Å². The Kier molecular flexibility index (Phi) is 32.5. The van der Waals surface area contributed by atoms with E-state index in [1.54, 1.807) is 0 Å². The maximum absolute atomic E-state index is 10.5. The quantitative estimate of drug-likeness (QED) is 0.270. The van der Waals surface area contributed by atoms with Crippen molar-refractivity contribution < 1.29 is 118 Å². The normalized spacial score (nSPS) is 7.18. The molecule has 0 aromatic rings. The molecule has 1 radical (unpaired) electrons. The Bertz CT molecular complexity index is 99.8. The van der Waals surface area contributed by atoms with Gasteiger partial charge in [0.05, 0.1) is 0 Å². The summed E-state index contributed by atoms with van der Waals surface area (Å²) in [7, 11) is 0. The summed E-state index contributed by atoms with van der Waals surface area (Å²) in [6.45, 7) is 0. The van der Waals surface area contributed by atoms with E-state index < -0.39 is 12.1 Å². The third kappa shape index (κ3) is 18.9. The summed E-state index contributed by atoms with van der Waals surface area (Å²) < 4.78 is 31.5. The molecular formula is C2CuF3I2NaO2. The van der Waals surface area contributed by atoms with Gasteiger partial charge in [-0.1, -0.05) is 0 Å². The second-order valence-corrected chi connectivity index (χ2v) is 0.785. The molecule has 0 spiro atoms. The van der Waals surface area contributed by atoms with Crippen LogP contribution in [0.15, 0.2) is 0 Å². The first-order valence-corrected chi connectivity index (χ1v) is 1.23. The molecule has 9 heteroatoms. The van der Waals surface area contributed by atoms with E-state index >= 15 is 0 Å². The number of rotatable bonds is 0. The molecule has 0 fully saturated rings. The fourth-order valence-electron chi connectivity index (χ4n) is 0. The van der Waals surface area contributed by atoms with E-state index in [-0.39, 0.29) is 94.6 Å². The molecule has 0 bridgehead atoms. The van der Waals surface area contributed by atoms with Crippen molar-refractivity contribution in [3.63, 3.8) is 0 Å². The fourth-order valence-corrected chi connectivity index (χ4v) is 0. The summed E-state index contributed by atoms with van der Waals surface area (Å²) in [5.74, 6) is -3.01. The summed E-state index contributed by atoms with van der Waals surface area (Å²) in [6.07, 6.45) is -5.19. The minimum absolute atomic E-state index is 0. The van der Waals surface area contributed by atoms with Crippen molar-refractivity contribution in [3.8, 4) is 0 Å². The van der Waals surface area contributed by atoms with Crippen molar-refractivity contribution in [1.29, 1.82) is 0 Å². The molecule has 0 aliphatic carbocycles. The Balaban J connectivity index is -0.0000000300. The zero-order valence-electron chi connectivity index (χ0n) is 5.01. The van der Waals surface area contributed by atoms with Gasteiger partial charge >= 0.3 is 52.8 Å². The summed E-state index contributed by atoms with van der Waals surface area (Å²) >= 11 is 0. The topological polar surface area (TPSA) is 40.1 Å². The van der Waals surface area contributed by atoms with Crippen molar-refractivity contribution in [3.05, 3.63) is 0 Å². The van der Waals surface area contributed by atoms with Crippen LogP contribution >= 0.6 is 0 Å². The second kappa shape index (κ2) is 12.2. The zero-order chi connectivity index (χ0) is 6.08. The molecule has 2 nitrogen and oxygen atoms in total. The molecule has 0 aliphatic heterocycles. The number of carbonyl (C=O) groups is 1. The van der Waals surface area contributed by atoms with Crippen molar-refractivity contribution in [2.24, 2.45) is 0 Å². The number of hydrogen-bond acceptors (Lipinski definition) is 2. The molecule has 0 amide bonds. The van der Waals surface area contributed by atoms with Gasteiger partial charge in [-0.3, -0.25) is 0 Å². The van der Waals surface area contributed by atoms with Crippen LogP contribution in [0.3, 0.4) is 0 Å². The Morgan fingerprint density at radius 2 is 1.27 bits per heavy atom. The first kappa shape index (κ1) is 29.2. The predicted octanol–water partition coefficient (Wildman–Crippen LogP) is -9.69. The fraction of sp³-hybridized carbons (Fsp3) is 0.500. The Morgan fingerprint density at radius 1 is 1.18 bits per heavy atom. The van der Waals surface area contributed by atoms with E-state index in [2.05, 4.69) is 0 Å². The van der Waals surface area contributed by atoms with Crippen molar-refractivity contribution >= 4 is 5.97 Å². The molecule has 0 aromatic heterocycles. The average molecular weight is 453 g/mol. The van der Waals surface area contributed by atoms with Crippen molar-refractivity contribution in [2.45, 2.75) is 6.18 Å². The van der Waals surface area contributed by atoms with E-state index in [1.807, 2.05) is 0 Å². The Hall–Kier alpha value is 2.24. The zero-order valence-corrected chi connectivity index (χ0v) is 12.3.